The van der Waals surface area contributed by atoms with E-state index in [1.165, 1.54) is 12.1 Å². The first-order valence-electron chi connectivity index (χ1n) is 5.35. The number of aromatic carboxylic acids is 1. The van der Waals surface area contributed by atoms with Gasteiger partial charge in [-0.25, -0.2) is 9.78 Å². The van der Waals surface area contributed by atoms with Crippen molar-refractivity contribution in [3.63, 3.8) is 0 Å². The van der Waals surface area contributed by atoms with E-state index < -0.39 is 5.97 Å². The van der Waals surface area contributed by atoms with Crippen LogP contribution >= 0.6 is 11.6 Å². The highest BCUT2D eigenvalue weighted by molar-refractivity contribution is 6.29. The second-order valence-electron chi connectivity index (χ2n) is 3.82. The summed E-state index contributed by atoms with van der Waals surface area (Å²) in [5.41, 5.74) is 0.716. The van der Waals surface area contributed by atoms with E-state index in [0.29, 0.717) is 30.6 Å². The molecule has 6 heteroatoms. The SMILES string of the molecule is O=C(O)c1ccc(Cl)nc1CN1CCOCC1. The molecule has 0 aliphatic carbocycles. The van der Waals surface area contributed by atoms with Crippen LogP contribution in [0, 0.1) is 0 Å². The summed E-state index contributed by atoms with van der Waals surface area (Å²) in [6.45, 7) is 3.40. The van der Waals surface area contributed by atoms with Gasteiger partial charge in [0.15, 0.2) is 0 Å². The molecule has 0 aromatic carbocycles. The second kappa shape index (κ2) is 5.44. The zero-order valence-electron chi connectivity index (χ0n) is 9.23. The third kappa shape index (κ3) is 3.15. The summed E-state index contributed by atoms with van der Waals surface area (Å²) in [5, 5.41) is 9.38. The number of hydrogen-bond donors (Lipinski definition) is 1. The van der Waals surface area contributed by atoms with Crippen LogP contribution in [0.15, 0.2) is 12.1 Å². The van der Waals surface area contributed by atoms with Crippen molar-refractivity contribution < 1.29 is 14.6 Å². The molecule has 0 saturated carbocycles. The number of carboxylic acids is 1. The van der Waals surface area contributed by atoms with Gasteiger partial charge in [-0.05, 0) is 12.1 Å². The molecule has 1 aromatic rings. The lowest BCUT2D eigenvalue weighted by atomic mass is 10.2. The van der Waals surface area contributed by atoms with Gasteiger partial charge in [-0.3, -0.25) is 4.90 Å². The number of hydrogen-bond acceptors (Lipinski definition) is 4. The van der Waals surface area contributed by atoms with E-state index in [4.69, 9.17) is 21.4 Å². The van der Waals surface area contributed by atoms with Crippen LogP contribution in [0.4, 0.5) is 0 Å². The van der Waals surface area contributed by atoms with Gasteiger partial charge >= 0.3 is 5.97 Å². The van der Waals surface area contributed by atoms with Crippen molar-refractivity contribution in [2.24, 2.45) is 0 Å². The Labute approximate surface area is 104 Å². The maximum atomic E-state index is 11.0. The quantitative estimate of drug-likeness (QED) is 0.825. The molecular weight excluding hydrogens is 244 g/mol. The van der Waals surface area contributed by atoms with E-state index in [0.717, 1.165) is 13.1 Å². The molecule has 0 amide bonds. The average Bonchev–Trinajstić information content (AvgIpc) is 2.30. The lowest BCUT2D eigenvalue weighted by Gasteiger charge is -2.26. The van der Waals surface area contributed by atoms with Crippen molar-refractivity contribution in [3.8, 4) is 0 Å². The number of rotatable bonds is 3. The zero-order valence-corrected chi connectivity index (χ0v) is 9.98. The van der Waals surface area contributed by atoms with Gasteiger partial charge in [-0.15, -0.1) is 0 Å². The maximum Gasteiger partial charge on any atom is 0.337 e. The number of morpholine rings is 1. The summed E-state index contributed by atoms with van der Waals surface area (Å²) < 4.78 is 5.23. The van der Waals surface area contributed by atoms with Gasteiger partial charge < -0.3 is 9.84 Å². The topological polar surface area (TPSA) is 62.7 Å². The minimum Gasteiger partial charge on any atom is -0.478 e. The Balaban J connectivity index is 2.17. The van der Waals surface area contributed by atoms with Crippen LogP contribution in [0.3, 0.4) is 0 Å². The Morgan fingerprint density at radius 3 is 2.82 bits per heavy atom. The Morgan fingerprint density at radius 2 is 2.18 bits per heavy atom. The van der Waals surface area contributed by atoms with E-state index in [-0.39, 0.29) is 5.56 Å². The summed E-state index contributed by atoms with van der Waals surface area (Å²) in [7, 11) is 0. The number of ether oxygens (including phenoxy) is 1. The highest BCUT2D eigenvalue weighted by Gasteiger charge is 2.17. The lowest BCUT2D eigenvalue weighted by Crippen LogP contribution is -2.36. The van der Waals surface area contributed by atoms with Crippen LogP contribution in [0.1, 0.15) is 16.1 Å². The Kier molecular flexibility index (Phi) is 3.93. The van der Waals surface area contributed by atoms with Crippen LogP contribution in [-0.4, -0.2) is 47.3 Å². The normalized spacial score (nSPS) is 17.0. The van der Waals surface area contributed by atoms with Crippen LogP contribution in [0.2, 0.25) is 5.15 Å². The van der Waals surface area contributed by atoms with Gasteiger partial charge in [0.25, 0.3) is 0 Å². The summed E-state index contributed by atoms with van der Waals surface area (Å²) >= 11 is 5.79. The summed E-state index contributed by atoms with van der Waals surface area (Å²) in [6, 6.07) is 2.99. The van der Waals surface area contributed by atoms with E-state index in [2.05, 4.69) is 9.88 Å². The molecule has 0 bridgehead atoms. The van der Waals surface area contributed by atoms with Gasteiger partial charge in [0.1, 0.15) is 5.15 Å². The van der Waals surface area contributed by atoms with Gasteiger partial charge in [0.2, 0.25) is 0 Å². The molecule has 1 fully saturated rings. The number of aromatic nitrogens is 1. The highest BCUT2D eigenvalue weighted by Crippen LogP contribution is 2.14. The third-order valence-electron chi connectivity index (χ3n) is 2.65. The van der Waals surface area contributed by atoms with E-state index in [9.17, 15) is 4.79 Å². The predicted molar refractivity (Wildman–Crippen MR) is 62.3 cm³/mol. The van der Waals surface area contributed by atoms with Gasteiger partial charge in [0, 0.05) is 19.6 Å². The molecular formula is C11H13ClN2O3. The molecule has 0 atom stereocenters. The highest BCUT2D eigenvalue weighted by atomic mass is 35.5. The smallest absolute Gasteiger partial charge is 0.337 e. The van der Waals surface area contributed by atoms with Crippen LogP contribution in [0.25, 0.3) is 0 Å². The molecule has 5 nitrogen and oxygen atoms in total. The van der Waals surface area contributed by atoms with Gasteiger partial charge in [-0.1, -0.05) is 11.6 Å². The molecule has 1 aliphatic heterocycles. The van der Waals surface area contributed by atoms with Crippen LogP contribution in [0.5, 0.6) is 0 Å². The lowest BCUT2D eigenvalue weighted by molar-refractivity contribution is 0.0333. The third-order valence-corrected chi connectivity index (χ3v) is 2.86. The van der Waals surface area contributed by atoms with Crippen molar-refractivity contribution in [2.45, 2.75) is 6.54 Å². The molecule has 0 radical (unpaired) electrons. The van der Waals surface area contributed by atoms with Crippen molar-refractivity contribution in [2.75, 3.05) is 26.3 Å². The fourth-order valence-corrected chi connectivity index (χ4v) is 1.93. The monoisotopic (exact) mass is 256 g/mol. The molecule has 2 rings (SSSR count). The van der Waals surface area contributed by atoms with E-state index in [1.54, 1.807) is 0 Å². The molecule has 17 heavy (non-hydrogen) atoms. The molecule has 92 valence electrons. The number of pyridine rings is 1. The standard InChI is InChI=1S/C11H13ClN2O3/c12-10-2-1-8(11(15)16)9(13-10)7-14-3-5-17-6-4-14/h1-2H,3-7H2,(H,15,16). The molecule has 1 aliphatic rings. The first-order chi connectivity index (χ1) is 8.16. The predicted octanol–water partition coefficient (Wildman–Crippen LogP) is 1.27. The van der Waals surface area contributed by atoms with Crippen LogP contribution in [-0.2, 0) is 11.3 Å². The Morgan fingerprint density at radius 1 is 1.47 bits per heavy atom. The van der Waals surface area contributed by atoms with Crippen molar-refractivity contribution in [3.05, 3.63) is 28.5 Å². The molecule has 0 spiro atoms. The minimum absolute atomic E-state index is 0.209. The molecule has 1 saturated heterocycles. The largest absolute Gasteiger partial charge is 0.478 e. The van der Waals surface area contributed by atoms with Crippen molar-refractivity contribution in [1.82, 2.24) is 9.88 Å². The van der Waals surface area contributed by atoms with E-state index >= 15 is 0 Å². The Bertz CT molecular complexity index is 419. The number of halogens is 1. The molecule has 1 aromatic heterocycles. The summed E-state index contributed by atoms with van der Waals surface area (Å²) in [5.74, 6) is -0.975. The fraction of sp³-hybridized carbons (Fsp3) is 0.455. The Hall–Kier alpha value is -1.17. The molecule has 2 heterocycles. The second-order valence-corrected chi connectivity index (χ2v) is 4.21. The maximum absolute atomic E-state index is 11.0. The van der Waals surface area contributed by atoms with Gasteiger partial charge in [-0.2, -0.15) is 0 Å². The average molecular weight is 257 g/mol. The number of carboxylic acid groups (broad SMARTS) is 1. The zero-order chi connectivity index (χ0) is 12.3. The first kappa shape index (κ1) is 12.3. The van der Waals surface area contributed by atoms with Crippen molar-refractivity contribution in [1.29, 1.82) is 0 Å². The molecule has 0 unspecified atom stereocenters. The van der Waals surface area contributed by atoms with Crippen LogP contribution < -0.4 is 0 Å². The minimum atomic E-state index is -0.975. The summed E-state index contributed by atoms with van der Waals surface area (Å²) in [6.07, 6.45) is 0. The molecule has 1 N–H and O–H groups in total. The van der Waals surface area contributed by atoms with Gasteiger partial charge in [0.05, 0.1) is 24.5 Å². The first-order valence-corrected chi connectivity index (χ1v) is 5.73. The fourth-order valence-electron chi connectivity index (χ4n) is 1.76. The van der Waals surface area contributed by atoms with E-state index in [1.807, 2.05) is 0 Å². The van der Waals surface area contributed by atoms with Crippen molar-refractivity contribution >= 4 is 17.6 Å². The summed E-state index contributed by atoms with van der Waals surface area (Å²) in [4.78, 5) is 17.2. The number of nitrogens with zero attached hydrogens (tertiary/aromatic N) is 2. The number of carbonyl (C=O) groups is 1.